The van der Waals surface area contributed by atoms with Crippen molar-refractivity contribution in [2.24, 2.45) is 0 Å². The van der Waals surface area contributed by atoms with Gasteiger partial charge < -0.3 is 4.52 Å². The first-order valence-corrected chi connectivity index (χ1v) is 4.57. The van der Waals surface area contributed by atoms with Crippen LogP contribution < -0.4 is 0 Å². The normalized spacial score (nSPS) is 11.6. The fraction of sp³-hybridized carbons (Fsp3) is 0.167. The van der Waals surface area contributed by atoms with Gasteiger partial charge in [0.25, 0.3) is 0 Å². The molecule has 0 saturated heterocycles. The second kappa shape index (κ2) is 8.08. The fourth-order valence-corrected chi connectivity index (χ4v) is 0.688. The number of hydrogen-bond donors (Lipinski definition) is 2. The minimum atomic E-state index is -4.70. The average Bonchev–Trinajstić information content (AvgIpc) is 1.84. The van der Waals surface area contributed by atoms with E-state index in [2.05, 4.69) is 4.52 Å². The molecule has 0 aromatic carbocycles. The van der Waals surface area contributed by atoms with Crippen molar-refractivity contribution in [3.05, 3.63) is 24.3 Å². The molecule has 0 aliphatic heterocycles. The van der Waals surface area contributed by atoms with Crippen LogP contribution in [0.4, 0.5) is 0 Å². The van der Waals surface area contributed by atoms with E-state index in [0.717, 1.165) is 6.08 Å². The summed E-state index contributed by atoms with van der Waals surface area (Å²) in [5, 5.41) is 0. The first kappa shape index (κ1) is 16.2. The van der Waals surface area contributed by atoms with Gasteiger partial charge in [0.2, 0.25) is 0 Å². The van der Waals surface area contributed by atoms with Crippen LogP contribution in [0.1, 0.15) is 6.92 Å². The molecule has 0 heterocycles. The molecule has 13 heavy (non-hydrogen) atoms. The van der Waals surface area contributed by atoms with E-state index in [1.165, 1.54) is 12.2 Å². The van der Waals surface area contributed by atoms with Crippen molar-refractivity contribution in [1.29, 1.82) is 0 Å². The Hall–Kier alpha value is 0.736. The van der Waals surface area contributed by atoms with Gasteiger partial charge in [-0.05, 0) is 6.92 Å². The molecule has 0 atom stereocenters. The Morgan fingerprint density at radius 3 is 2.31 bits per heavy atom. The van der Waals surface area contributed by atoms with Gasteiger partial charge in [-0.3, -0.25) is 9.79 Å². The van der Waals surface area contributed by atoms with Gasteiger partial charge in [0, 0.05) is 6.08 Å². The Morgan fingerprint density at radius 1 is 1.38 bits per heavy atom. The zero-order valence-electron chi connectivity index (χ0n) is 6.38. The first-order valence-electron chi connectivity index (χ1n) is 3.04. The number of phosphoric ester groups is 1. The molecule has 2 N–H and O–H groups in total. The summed E-state index contributed by atoms with van der Waals surface area (Å²) in [6.07, 6.45) is 5.42. The molecular formula is C6H10KO5P. The quantitative estimate of drug-likeness (QED) is 0.312. The summed E-state index contributed by atoms with van der Waals surface area (Å²) in [6, 6.07) is 0. The van der Waals surface area contributed by atoms with Gasteiger partial charge in [-0.25, -0.2) is 9.36 Å². The number of allylic oxidation sites excluding steroid dienone is 3. The maximum atomic E-state index is 10.5. The topological polar surface area (TPSA) is 83.8 Å². The summed E-state index contributed by atoms with van der Waals surface area (Å²) in [7, 11) is -4.70. The van der Waals surface area contributed by atoms with Gasteiger partial charge in [0.15, 0.2) is 0 Å². The van der Waals surface area contributed by atoms with Gasteiger partial charge in [-0.15, -0.1) is 0 Å². The van der Waals surface area contributed by atoms with E-state index in [-0.39, 0.29) is 51.4 Å². The molecule has 0 fully saturated rings. The number of carbonyl (C=O) groups is 1. The predicted molar refractivity (Wildman–Crippen MR) is 49.2 cm³/mol. The maximum absolute atomic E-state index is 10.5. The van der Waals surface area contributed by atoms with Gasteiger partial charge in [-0.2, -0.15) is 0 Å². The number of rotatable bonds is 3. The van der Waals surface area contributed by atoms with Crippen LogP contribution in [0.2, 0.25) is 0 Å². The third-order valence-corrected chi connectivity index (χ3v) is 1.16. The number of phosphoric acid groups is 1. The van der Waals surface area contributed by atoms with E-state index in [4.69, 9.17) is 9.79 Å². The summed E-state index contributed by atoms with van der Waals surface area (Å²) in [5.41, 5.74) is 0. The molecule has 0 amide bonds. The molecule has 0 aliphatic rings. The van der Waals surface area contributed by atoms with E-state index >= 15 is 0 Å². The third-order valence-electron chi connectivity index (χ3n) is 0.745. The molecule has 0 unspecified atom stereocenters. The summed E-state index contributed by atoms with van der Waals surface area (Å²) in [4.78, 5) is 26.8. The fourth-order valence-electron chi connectivity index (χ4n) is 0.393. The molecule has 70 valence electrons. The third kappa shape index (κ3) is 12.7. The van der Waals surface area contributed by atoms with Crippen LogP contribution in [-0.2, 0) is 13.9 Å². The monoisotopic (exact) mass is 232 g/mol. The van der Waals surface area contributed by atoms with Crippen LogP contribution in [-0.4, -0.2) is 67.1 Å². The van der Waals surface area contributed by atoms with Gasteiger partial charge in [0.05, 0.1) is 0 Å². The van der Waals surface area contributed by atoms with E-state index in [0.29, 0.717) is 0 Å². The summed E-state index contributed by atoms with van der Waals surface area (Å²) < 4.78 is 13.8. The Bertz CT molecular complexity index is 254. The van der Waals surface area contributed by atoms with Crippen molar-refractivity contribution in [2.75, 3.05) is 0 Å². The van der Waals surface area contributed by atoms with Crippen molar-refractivity contribution in [3.63, 3.8) is 0 Å². The number of hydrogen-bond acceptors (Lipinski definition) is 3. The second-order valence-electron chi connectivity index (χ2n) is 1.79. The van der Waals surface area contributed by atoms with Crippen LogP contribution in [0, 0.1) is 0 Å². The SMILES string of the molecule is C/C=C/C=C/C(=O)OP(=O)(O)O.[KH]. The Kier molecular flexibility index (Phi) is 10.1. The van der Waals surface area contributed by atoms with Crippen molar-refractivity contribution >= 4 is 65.2 Å². The van der Waals surface area contributed by atoms with Crippen molar-refractivity contribution in [2.45, 2.75) is 6.92 Å². The summed E-state index contributed by atoms with van der Waals surface area (Å²) in [6.45, 7) is 1.73. The standard InChI is InChI=1S/C6H9O5P.K.H/c1-2-3-4-5-6(7)11-12(8,9)10;;/h2-5H,1H3,(H2,8,9,10);;/b3-2+,5-4+;;. The van der Waals surface area contributed by atoms with Crippen LogP contribution >= 0.6 is 7.82 Å². The zero-order chi connectivity index (χ0) is 9.61. The van der Waals surface area contributed by atoms with Crippen molar-refractivity contribution in [3.8, 4) is 0 Å². The molecule has 0 rings (SSSR count). The Balaban J connectivity index is 0. The van der Waals surface area contributed by atoms with Crippen LogP contribution in [0.3, 0.4) is 0 Å². The number of carbonyl (C=O) groups excluding carboxylic acids is 1. The molecule has 0 saturated carbocycles. The van der Waals surface area contributed by atoms with Gasteiger partial charge >= 0.3 is 65.2 Å². The molecule has 0 bridgehead atoms. The van der Waals surface area contributed by atoms with Gasteiger partial charge in [0.1, 0.15) is 0 Å². The predicted octanol–water partition coefficient (Wildman–Crippen LogP) is 0.106. The van der Waals surface area contributed by atoms with Crippen LogP contribution in [0.25, 0.3) is 0 Å². The van der Waals surface area contributed by atoms with Crippen LogP contribution in [0.15, 0.2) is 24.3 Å². The van der Waals surface area contributed by atoms with Crippen LogP contribution in [0.5, 0.6) is 0 Å². The molecule has 5 nitrogen and oxygen atoms in total. The first-order chi connectivity index (χ1) is 5.45. The van der Waals surface area contributed by atoms with E-state index in [9.17, 15) is 9.36 Å². The molecule has 0 spiro atoms. The second-order valence-corrected chi connectivity index (χ2v) is 2.95. The molecular weight excluding hydrogens is 222 g/mol. The van der Waals surface area contributed by atoms with E-state index < -0.39 is 13.8 Å². The van der Waals surface area contributed by atoms with Crippen molar-refractivity contribution < 1.29 is 23.7 Å². The summed E-state index contributed by atoms with van der Waals surface area (Å²) in [5.74, 6) is -1.07. The molecule has 0 aromatic rings. The molecule has 7 heteroatoms. The molecule has 0 aromatic heterocycles. The molecule has 0 aliphatic carbocycles. The van der Waals surface area contributed by atoms with E-state index in [1.807, 2.05) is 0 Å². The average molecular weight is 232 g/mol. The zero-order valence-corrected chi connectivity index (χ0v) is 7.27. The van der Waals surface area contributed by atoms with Crippen molar-refractivity contribution in [1.82, 2.24) is 0 Å². The van der Waals surface area contributed by atoms with Gasteiger partial charge in [-0.1, -0.05) is 18.2 Å². The molecule has 0 radical (unpaired) electrons. The summed E-state index contributed by atoms with van der Waals surface area (Å²) >= 11 is 0. The van der Waals surface area contributed by atoms with E-state index in [1.54, 1.807) is 13.0 Å². The Morgan fingerprint density at radius 2 is 1.92 bits per heavy atom. The minimum absolute atomic E-state index is 0. The Labute approximate surface area is 119 Å².